The van der Waals surface area contributed by atoms with Gasteiger partial charge in [-0.1, -0.05) is 6.58 Å². The minimum absolute atomic E-state index is 0.156. The smallest absolute Gasteiger partial charge is 0.275 e. The summed E-state index contributed by atoms with van der Waals surface area (Å²) in [6.45, 7) is 7.00. The highest BCUT2D eigenvalue weighted by molar-refractivity contribution is 5.94. The molecule has 2 aromatic rings. The summed E-state index contributed by atoms with van der Waals surface area (Å²) in [5.41, 5.74) is 0.940. The average molecular weight is 347 g/mol. The van der Waals surface area contributed by atoms with Crippen LogP contribution in [-0.4, -0.2) is 22.1 Å². The number of carbonyl (C=O) groups is 1. The number of hydrogen-bond acceptors (Lipinski definition) is 6. The van der Waals surface area contributed by atoms with E-state index in [-0.39, 0.29) is 17.1 Å². The van der Waals surface area contributed by atoms with Crippen molar-refractivity contribution >= 4 is 12.1 Å². The fourth-order valence-corrected chi connectivity index (χ4v) is 1.98. The first-order valence-electron chi connectivity index (χ1n) is 7.69. The number of hydrogen-bond donors (Lipinski definition) is 1. The lowest BCUT2D eigenvalue weighted by Gasteiger charge is -2.09. The Kier molecular flexibility index (Phi) is 6.34. The second kappa shape index (κ2) is 8.89. The van der Waals surface area contributed by atoms with Crippen molar-refractivity contribution in [3.05, 3.63) is 72.1 Å². The molecule has 7 nitrogen and oxygen atoms in total. The van der Waals surface area contributed by atoms with E-state index in [1.54, 1.807) is 44.4 Å². The molecule has 0 aliphatic heterocycles. The number of amides is 1. The van der Waals surface area contributed by atoms with Gasteiger partial charge in [0.25, 0.3) is 5.91 Å². The molecule has 0 aliphatic carbocycles. The molecule has 2 heterocycles. The van der Waals surface area contributed by atoms with E-state index in [2.05, 4.69) is 26.9 Å². The highest BCUT2D eigenvalue weighted by Gasteiger charge is 2.12. The summed E-state index contributed by atoms with van der Waals surface area (Å²) in [5, 5.41) is 11.4. The monoisotopic (exact) mass is 347 g/mol. The number of allylic oxidation sites excluding steroid dienone is 2. The summed E-state index contributed by atoms with van der Waals surface area (Å²) in [4.78, 5) is 24.7. The van der Waals surface area contributed by atoms with E-state index in [1.165, 1.54) is 18.4 Å². The molecular formula is C19H17N5O2. The Morgan fingerprint density at radius 1 is 1.42 bits per heavy atom. The van der Waals surface area contributed by atoms with Crippen molar-refractivity contribution < 1.29 is 9.53 Å². The maximum absolute atomic E-state index is 12.5. The molecule has 1 amide bonds. The third kappa shape index (κ3) is 5.39. The number of pyridine rings is 2. The quantitative estimate of drug-likeness (QED) is 0.491. The maximum atomic E-state index is 12.5. The van der Waals surface area contributed by atoms with E-state index in [1.807, 2.05) is 6.07 Å². The first-order valence-corrected chi connectivity index (χ1v) is 7.69. The lowest BCUT2D eigenvalue weighted by Crippen LogP contribution is -2.23. The third-order valence-corrected chi connectivity index (χ3v) is 2.99. The van der Waals surface area contributed by atoms with Crippen LogP contribution < -0.4 is 10.1 Å². The summed E-state index contributed by atoms with van der Waals surface area (Å²) in [6, 6.07) is 8.61. The van der Waals surface area contributed by atoms with Gasteiger partial charge in [0, 0.05) is 35.8 Å². The maximum Gasteiger partial charge on any atom is 0.275 e. The number of nitrogens with zero attached hydrogens (tertiary/aromatic N) is 4. The predicted molar refractivity (Wildman–Crippen MR) is 97.8 cm³/mol. The highest BCUT2D eigenvalue weighted by atomic mass is 16.5. The predicted octanol–water partition coefficient (Wildman–Crippen LogP) is 3.32. The summed E-state index contributed by atoms with van der Waals surface area (Å²) in [7, 11) is 0. The normalized spacial score (nSPS) is 11.0. The first kappa shape index (κ1) is 18.5. The second-order valence-corrected chi connectivity index (χ2v) is 5.13. The molecule has 0 spiro atoms. The number of aliphatic imine (C=N–C) groups is 1. The minimum atomic E-state index is -0.479. The Bertz CT molecular complexity index is 911. The molecule has 2 aromatic heterocycles. The first-order chi connectivity index (χ1) is 12.5. The van der Waals surface area contributed by atoms with E-state index in [0.29, 0.717) is 17.2 Å². The SMILES string of the molecule is C=C(C#N)/C=C(\N=CC)NC(=O)c1cc(Oc2cccnc2)cc(C)n1. The van der Waals surface area contributed by atoms with E-state index in [0.717, 1.165) is 0 Å². The number of nitriles is 1. The number of carbonyl (C=O) groups excluding carboxylic acids is 1. The van der Waals surface area contributed by atoms with Crippen LogP contribution in [0.2, 0.25) is 0 Å². The highest BCUT2D eigenvalue weighted by Crippen LogP contribution is 2.21. The molecule has 7 heteroatoms. The topological polar surface area (TPSA) is 100 Å². The molecule has 0 unspecified atom stereocenters. The van der Waals surface area contributed by atoms with E-state index < -0.39 is 5.91 Å². The zero-order chi connectivity index (χ0) is 18.9. The van der Waals surface area contributed by atoms with E-state index in [4.69, 9.17) is 10.00 Å². The van der Waals surface area contributed by atoms with Gasteiger partial charge in [0.05, 0.1) is 12.3 Å². The van der Waals surface area contributed by atoms with Gasteiger partial charge in [0.2, 0.25) is 0 Å². The molecular weight excluding hydrogens is 330 g/mol. The largest absolute Gasteiger partial charge is 0.456 e. The van der Waals surface area contributed by atoms with Crippen molar-refractivity contribution in [2.45, 2.75) is 13.8 Å². The number of rotatable bonds is 6. The Morgan fingerprint density at radius 3 is 2.88 bits per heavy atom. The van der Waals surface area contributed by atoms with Crippen LogP contribution in [-0.2, 0) is 0 Å². The van der Waals surface area contributed by atoms with E-state index in [9.17, 15) is 4.79 Å². The average Bonchev–Trinajstić information content (AvgIpc) is 2.62. The minimum Gasteiger partial charge on any atom is -0.456 e. The Morgan fingerprint density at radius 2 is 2.23 bits per heavy atom. The van der Waals surface area contributed by atoms with Gasteiger partial charge in [-0.15, -0.1) is 0 Å². The molecule has 1 N–H and O–H groups in total. The molecule has 0 saturated heterocycles. The van der Waals surface area contributed by atoms with Crippen molar-refractivity contribution in [2.24, 2.45) is 4.99 Å². The lowest BCUT2D eigenvalue weighted by atomic mass is 10.2. The Hall–Kier alpha value is -3.79. The molecule has 130 valence electrons. The van der Waals surface area contributed by atoms with Gasteiger partial charge in [-0.2, -0.15) is 5.26 Å². The summed E-state index contributed by atoms with van der Waals surface area (Å²) in [6.07, 6.45) is 6.08. The second-order valence-electron chi connectivity index (χ2n) is 5.13. The van der Waals surface area contributed by atoms with Crippen LogP contribution in [0.1, 0.15) is 23.1 Å². The molecule has 0 saturated carbocycles. The lowest BCUT2D eigenvalue weighted by molar-refractivity contribution is 0.0960. The molecule has 0 radical (unpaired) electrons. The summed E-state index contributed by atoms with van der Waals surface area (Å²) in [5.74, 6) is 0.724. The summed E-state index contributed by atoms with van der Waals surface area (Å²) < 4.78 is 5.70. The van der Waals surface area contributed by atoms with Gasteiger partial charge in [-0.3, -0.25) is 9.78 Å². The van der Waals surface area contributed by atoms with Crippen molar-refractivity contribution in [3.63, 3.8) is 0 Å². The fourth-order valence-electron chi connectivity index (χ4n) is 1.98. The molecule has 2 rings (SSSR count). The molecule has 0 aromatic carbocycles. The molecule has 0 fully saturated rings. The third-order valence-electron chi connectivity index (χ3n) is 2.99. The standard InChI is InChI=1S/C19H17N5O2/c1-4-22-18(8-13(2)11-20)24-19(25)17-10-16(9-14(3)23-17)26-15-6-5-7-21-12-15/h4-10,12H,2H2,1,3H3,(H,24,25)/b18-8+,22-4?. The van der Waals surface area contributed by atoms with Crippen LogP contribution in [0.25, 0.3) is 0 Å². The van der Waals surface area contributed by atoms with Gasteiger partial charge in [0.15, 0.2) is 0 Å². The van der Waals surface area contributed by atoms with Crippen molar-refractivity contribution in [1.29, 1.82) is 5.26 Å². The van der Waals surface area contributed by atoms with Crippen molar-refractivity contribution in [3.8, 4) is 17.6 Å². The van der Waals surface area contributed by atoms with Gasteiger partial charge in [0.1, 0.15) is 23.0 Å². The fraction of sp³-hybridized carbons (Fsp3) is 0.105. The molecule has 0 aliphatic rings. The van der Waals surface area contributed by atoms with Crippen LogP contribution in [0.15, 0.2) is 65.7 Å². The van der Waals surface area contributed by atoms with Crippen LogP contribution in [0.3, 0.4) is 0 Å². The van der Waals surface area contributed by atoms with Crippen LogP contribution >= 0.6 is 0 Å². The van der Waals surface area contributed by atoms with Crippen LogP contribution in [0.5, 0.6) is 11.5 Å². The van der Waals surface area contributed by atoms with E-state index >= 15 is 0 Å². The zero-order valence-electron chi connectivity index (χ0n) is 14.4. The number of nitrogens with one attached hydrogen (secondary N) is 1. The number of aryl methyl sites for hydroxylation is 1. The van der Waals surface area contributed by atoms with Crippen LogP contribution in [0.4, 0.5) is 0 Å². The number of aromatic nitrogens is 2. The van der Waals surface area contributed by atoms with Crippen LogP contribution in [0, 0.1) is 18.3 Å². The Labute approximate surface area is 151 Å². The van der Waals surface area contributed by atoms with Crippen molar-refractivity contribution in [1.82, 2.24) is 15.3 Å². The number of ether oxygens (including phenoxy) is 1. The molecule has 26 heavy (non-hydrogen) atoms. The van der Waals surface area contributed by atoms with Gasteiger partial charge < -0.3 is 10.1 Å². The zero-order valence-corrected chi connectivity index (χ0v) is 14.4. The van der Waals surface area contributed by atoms with Gasteiger partial charge >= 0.3 is 0 Å². The van der Waals surface area contributed by atoms with Gasteiger partial charge in [-0.25, -0.2) is 9.98 Å². The summed E-state index contributed by atoms with van der Waals surface area (Å²) >= 11 is 0. The van der Waals surface area contributed by atoms with Crippen molar-refractivity contribution in [2.75, 3.05) is 0 Å². The Balaban J connectivity index is 2.24. The molecule has 0 bridgehead atoms. The molecule has 0 atom stereocenters. The van der Waals surface area contributed by atoms with Gasteiger partial charge in [-0.05, 0) is 32.1 Å².